The molecule has 0 saturated heterocycles. The molecule has 0 atom stereocenters. The Kier molecular flexibility index (Phi) is 3.78. The van der Waals surface area contributed by atoms with Gasteiger partial charge in [-0.1, -0.05) is 22.4 Å². The molecule has 0 bridgehead atoms. The monoisotopic (exact) mass is 338 g/mol. The van der Waals surface area contributed by atoms with E-state index < -0.39 is 21.5 Å². The van der Waals surface area contributed by atoms with Gasteiger partial charge in [0.1, 0.15) is 0 Å². The standard InChI is InChI=1S/C12H13BrF2O2S/c13-7-12(4-1-5-12)8-18(16,17)9-2-3-10(14)11(15)6-9/h2-3,6H,1,4-5,7-8H2. The number of hydrogen-bond donors (Lipinski definition) is 0. The van der Waals surface area contributed by atoms with E-state index in [9.17, 15) is 17.2 Å². The van der Waals surface area contributed by atoms with Crippen LogP contribution in [0.3, 0.4) is 0 Å². The summed E-state index contributed by atoms with van der Waals surface area (Å²) in [5.74, 6) is -2.18. The number of rotatable bonds is 4. The lowest BCUT2D eigenvalue weighted by molar-refractivity contribution is 0.203. The van der Waals surface area contributed by atoms with Gasteiger partial charge in [-0.15, -0.1) is 0 Å². The van der Waals surface area contributed by atoms with Crippen LogP contribution in [0, 0.1) is 17.0 Å². The van der Waals surface area contributed by atoms with Crippen molar-refractivity contribution in [1.82, 2.24) is 0 Å². The summed E-state index contributed by atoms with van der Waals surface area (Å²) < 4.78 is 50.2. The fourth-order valence-corrected chi connectivity index (χ4v) is 5.09. The first-order valence-corrected chi connectivity index (χ1v) is 8.40. The third-order valence-corrected chi connectivity index (χ3v) is 6.60. The zero-order valence-electron chi connectivity index (χ0n) is 9.63. The highest BCUT2D eigenvalue weighted by Gasteiger charge is 2.40. The van der Waals surface area contributed by atoms with Gasteiger partial charge < -0.3 is 0 Å². The van der Waals surface area contributed by atoms with Crippen LogP contribution in [0.25, 0.3) is 0 Å². The molecule has 1 aliphatic carbocycles. The highest BCUT2D eigenvalue weighted by Crippen LogP contribution is 2.44. The molecule has 1 saturated carbocycles. The van der Waals surface area contributed by atoms with E-state index in [0.717, 1.165) is 37.5 Å². The van der Waals surface area contributed by atoms with Crippen LogP contribution in [0.15, 0.2) is 23.1 Å². The molecule has 100 valence electrons. The third-order valence-electron chi connectivity index (χ3n) is 3.44. The molecule has 18 heavy (non-hydrogen) atoms. The van der Waals surface area contributed by atoms with Crippen molar-refractivity contribution in [3.05, 3.63) is 29.8 Å². The van der Waals surface area contributed by atoms with Crippen molar-refractivity contribution in [2.45, 2.75) is 24.2 Å². The third kappa shape index (κ3) is 2.59. The van der Waals surface area contributed by atoms with Crippen molar-refractivity contribution in [2.75, 3.05) is 11.1 Å². The first-order chi connectivity index (χ1) is 8.38. The SMILES string of the molecule is O=S(=O)(CC1(CBr)CCC1)c1ccc(F)c(F)c1. The second kappa shape index (κ2) is 4.89. The lowest BCUT2D eigenvalue weighted by Gasteiger charge is -2.40. The predicted molar refractivity (Wildman–Crippen MR) is 68.5 cm³/mol. The number of halogens is 3. The highest BCUT2D eigenvalue weighted by atomic mass is 79.9. The first kappa shape index (κ1) is 13.9. The minimum Gasteiger partial charge on any atom is -0.224 e. The summed E-state index contributed by atoms with van der Waals surface area (Å²) in [5.41, 5.74) is -0.246. The molecular formula is C12H13BrF2O2S. The summed E-state index contributed by atoms with van der Waals surface area (Å²) >= 11 is 3.34. The molecule has 0 unspecified atom stereocenters. The Labute approximate surface area is 113 Å². The quantitative estimate of drug-likeness (QED) is 0.623. The molecule has 0 radical (unpaired) electrons. The van der Waals surface area contributed by atoms with E-state index in [4.69, 9.17) is 0 Å². The summed E-state index contributed by atoms with van der Waals surface area (Å²) in [6.07, 6.45) is 2.71. The van der Waals surface area contributed by atoms with Crippen molar-refractivity contribution in [3.8, 4) is 0 Å². The highest BCUT2D eigenvalue weighted by molar-refractivity contribution is 9.09. The van der Waals surface area contributed by atoms with E-state index >= 15 is 0 Å². The normalized spacial score (nSPS) is 18.4. The Morgan fingerprint density at radius 1 is 1.22 bits per heavy atom. The summed E-state index contributed by atoms with van der Waals surface area (Å²) in [6.45, 7) is 0. The molecule has 0 spiro atoms. The average molecular weight is 339 g/mol. The number of hydrogen-bond acceptors (Lipinski definition) is 2. The van der Waals surface area contributed by atoms with E-state index in [2.05, 4.69) is 15.9 Å². The second-order valence-corrected chi connectivity index (χ2v) is 7.37. The smallest absolute Gasteiger partial charge is 0.179 e. The lowest BCUT2D eigenvalue weighted by Crippen LogP contribution is -2.38. The van der Waals surface area contributed by atoms with Gasteiger partial charge in [0.25, 0.3) is 0 Å². The lowest BCUT2D eigenvalue weighted by atomic mass is 9.72. The molecule has 1 aromatic rings. The maximum Gasteiger partial charge on any atom is 0.179 e. The molecule has 0 amide bonds. The largest absolute Gasteiger partial charge is 0.224 e. The first-order valence-electron chi connectivity index (χ1n) is 5.62. The number of sulfone groups is 1. The minimum absolute atomic E-state index is 0.0175. The molecule has 1 fully saturated rings. The van der Waals surface area contributed by atoms with Crippen molar-refractivity contribution in [2.24, 2.45) is 5.41 Å². The van der Waals surface area contributed by atoms with Gasteiger partial charge in [0.05, 0.1) is 10.6 Å². The van der Waals surface area contributed by atoms with Crippen molar-refractivity contribution in [3.63, 3.8) is 0 Å². The molecule has 2 rings (SSSR count). The van der Waals surface area contributed by atoms with Crippen LogP contribution >= 0.6 is 15.9 Å². The van der Waals surface area contributed by atoms with Crippen LogP contribution in [-0.2, 0) is 9.84 Å². The van der Waals surface area contributed by atoms with Gasteiger partial charge in [-0.3, -0.25) is 0 Å². The van der Waals surface area contributed by atoms with E-state index in [1.165, 1.54) is 0 Å². The van der Waals surface area contributed by atoms with Crippen LogP contribution in [-0.4, -0.2) is 19.5 Å². The zero-order chi connectivity index (χ0) is 13.4. The zero-order valence-corrected chi connectivity index (χ0v) is 12.0. The van der Waals surface area contributed by atoms with Crippen LogP contribution in [0.2, 0.25) is 0 Å². The second-order valence-electron chi connectivity index (χ2n) is 4.82. The minimum atomic E-state index is -3.57. The molecule has 0 heterocycles. The molecular weight excluding hydrogens is 326 g/mol. The Morgan fingerprint density at radius 2 is 1.89 bits per heavy atom. The van der Waals surface area contributed by atoms with Crippen molar-refractivity contribution in [1.29, 1.82) is 0 Å². The van der Waals surface area contributed by atoms with Crippen molar-refractivity contribution < 1.29 is 17.2 Å². The van der Waals surface area contributed by atoms with Crippen LogP contribution in [0.1, 0.15) is 19.3 Å². The molecule has 0 aromatic heterocycles. The predicted octanol–water partition coefficient (Wildman–Crippen LogP) is 3.30. The van der Waals surface area contributed by atoms with Gasteiger partial charge in [0.2, 0.25) is 0 Å². The maximum atomic E-state index is 13.1. The molecule has 6 heteroatoms. The van der Waals surface area contributed by atoms with E-state index in [0.29, 0.717) is 5.33 Å². The molecule has 0 N–H and O–H groups in total. The van der Waals surface area contributed by atoms with E-state index in [1.54, 1.807) is 0 Å². The summed E-state index contributed by atoms with van der Waals surface area (Å²) in [5, 5.41) is 0.614. The summed E-state index contributed by atoms with van der Waals surface area (Å²) in [4.78, 5) is -0.145. The molecule has 1 aromatic carbocycles. The Balaban J connectivity index is 2.28. The molecule has 0 aliphatic heterocycles. The van der Waals surface area contributed by atoms with Gasteiger partial charge in [-0.05, 0) is 36.5 Å². The number of benzene rings is 1. The van der Waals surface area contributed by atoms with Gasteiger partial charge in [-0.25, -0.2) is 17.2 Å². The van der Waals surface area contributed by atoms with Crippen LogP contribution in [0.4, 0.5) is 8.78 Å². The number of alkyl halides is 1. The van der Waals surface area contributed by atoms with Crippen LogP contribution in [0.5, 0.6) is 0 Å². The van der Waals surface area contributed by atoms with Crippen molar-refractivity contribution >= 4 is 25.8 Å². The average Bonchev–Trinajstić information content (AvgIpc) is 2.27. The summed E-state index contributed by atoms with van der Waals surface area (Å²) in [6, 6.07) is 2.73. The Bertz CT molecular complexity index is 548. The van der Waals surface area contributed by atoms with Gasteiger partial charge in [-0.2, -0.15) is 0 Å². The van der Waals surface area contributed by atoms with Gasteiger partial charge >= 0.3 is 0 Å². The Morgan fingerprint density at radius 3 is 2.33 bits per heavy atom. The topological polar surface area (TPSA) is 34.1 Å². The fraction of sp³-hybridized carbons (Fsp3) is 0.500. The fourth-order valence-electron chi connectivity index (χ4n) is 2.15. The molecule has 1 aliphatic rings. The van der Waals surface area contributed by atoms with E-state index in [1.807, 2.05) is 0 Å². The maximum absolute atomic E-state index is 13.1. The Hall–Kier alpha value is -0.490. The molecule has 2 nitrogen and oxygen atoms in total. The van der Waals surface area contributed by atoms with Gasteiger partial charge in [0, 0.05) is 5.33 Å². The van der Waals surface area contributed by atoms with Crippen LogP contribution < -0.4 is 0 Å². The van der Waals surface area contributed by atoms with Gasteiger partial charge in [0.15, 0.2) is 21.5 Å². The van der Waals surface area contributed by atoms with E-state index in [-0.39, 0.29) is 16.1 Å². The summed E-state index contributed by atoms with van der Waals surface area (Å²) in [7, 11) is -3.57.